The largest absolute Gasteiger partial charge is 0.468 e. The summed E-state index contributed by atoms with van der Waals surface area (Å²) >= 11 is 0. The van der Waals surface area contributed by atoms with Crippen LogP contribution in [0.5, 0.6) is 0 Å². The zero-order chi connectivity index (χ0) is 12.5. The summed E-state index contributed by atoms with van der Waals surface area (Å²) in [6.45, 7) is 4.86. The van der Waals surface area contributed by atoms with Crippen molar-refractivity contribution in [3.8, 4) is 0 Å². The van der Waals surface area contributed by atoms with Gasteiger partial charge in [-0.1, -0.05) is 44.2 Å². The topological polar surface area (TPSA) is 38.3 Å². The maximum absolute atomic E-state index is 11.8. The Hall–Kier alpha value is -1.35. The van der Waals surface area contributed by atoms with Crippen LogP contribution < -0.4 is 5.32 Å². The highest BCUT2D eigenvalue weighted by molar-refractivity contribution is 5.86. The molecular weight excluding hydrogens is 214 g/mol. The molecular formula is C14H19NO2. The molecule has 1 aromatic rings. The van der Waals surface area contributed by atoms with Gasteiger partial charge in [0.15, 0.2) is 0 Å². The van der Waals surface area contributed by atoms with Crippen LogP contribution in [0.4, 0.5) is 0 Å². The Morgan fingerprint density at radius 1 is 1.35 bits per heavy atom. The van der Waals surface area contributed by atoms with Crippen molar-refractivity contribution in [2.75, 3.05) is 7.11 Å². The Morgan fingerprint density at radius 3 is 2.41 bits per heavy atom. The molecule has 1 atom stereocenters. The van der Waals surface area contributed by atoms with Gasteiger partial charge in [-0.25, -0.2) is 0 Å². The average molecular weight is 233 g/mol. The van der Waals surface area contributed by atoms with Gasteiger partial charge in [0.25, 0.3) is 0 Å². The molecule has 0 spiro atoms. The molecule has 0 radical (unpaired) electrons. The van der Waals surface area contributed by atoms with Gasteiger partial charge < -0.3 is 4.74 Å². The van der Waals surface area contributed by atoms with Crippen LogP contribution >= 0.6 is 0 Å². The molecule has 2 rings (SSSR count). The molecule has 3 nitrogen and oxygen atoms in total. The summed E-state index contributed by atoms with van der Waals surface area (Å²) in [5.74, 6) is -0.154. The summed E-state index contributed by atoms with van der Waals surface area (Å²) in [5.41, 5.74) is 0.658. The first kappa shape index (κ1) is 12.1. The van der Waals surface area contributed by atoms with Crippen molar-refractivity contribution < 1.29 is 9.53 Å². The summed E-state index contributed by atoms with van der Waals surface area (Å²) in [7, 11) is 1.45. The summed E-state index contributed by atoms with van der Waals surface area (Å²) in [6.07, 6.45) is 0.833. The van der Waals surface area contributed by atoms with Crippen molar-refractivity contribution in [3.05, 3.63) is 35.9 Å². The van der Waals surface area contributed by atoms with Gasteiger partial charge in [0.1, 0.15) is 5.54 Å². The Morgan fingerprint density at radius 2 is 1.94 bits per heavy atom. The quantitative estimate of drug-likeness (QED) is 0.809. The van der Waals surface area contributed by atoms with E-state index in [9.17, 15) is 4.79 Å². The van der Waals surface area contributed by atoms with Gasteiger partial charge in [-0.2, -0.15) is 0 Å². The lowest BCUT2D eigenvalue weighted by molar-refractivity contribution is -0.145. The predicted octanol–water partition coefficient (Wildman–Crippen LogP) is 2.12. The molecule has 0 heterocycles. The molecule has 1 saturated carbocycles. The van der Waals surface area contributed by atoms with Crippen LogP contribution in [0.15, 0.2) is 30.3 Å². The third kappa shape index (κ3) is 2.07. The molecule has 1 unspecified atom stereocenters. The van der Waals surface area contributed by atoms with Crippen LogP contribution in [0, 0.1) is 5.41 Å². The van der Waals surface area contributed by atoms with Gasteiger partial charge in [0, 0.05) is 6.54 Å². The monoisotopic (exact) mass is 233 g/mol. The molecule has 1 aliphatic rings. The maximum Gasteiger partial charge on any atom is 0.326 e. The molecule has 3 heteroatoms. The molecule has 0 amide bonds. The van der Waals surface area contributed by atoms with Crippen molar-refractivity contribution in [3.63, 3.8) is 0 Å². The second-order valence-corrected chi connectivity index (χ2v) is 5.30. The van der Waals surface area contributed by atoms with E-state index >= 15 is 0 Å². The molecule has 1 N–H and O–H groups in total. The number of rotatable bonds is 4. The number of ether oxygens (including phenoxy) is 1. The summed E-state index contributed by atoms with van der Waals surface area (Å²) in [4.78, 5) is 11.8. The highest BCUT2D eigenvalue weighted by Gasteiger charge is 2.67. The Bertz CT molecular complexity index is 413. The molecule has 1 aromatic carbocycles. The predicted molar refractivity (Wildman–Crippen MR) is 66.4 cm³/mol. The lowest BCUT2D eigenvalue weighted by Crippen LogP contribution is -2.43. The number of carbonyl (C=O) groups is 1. The number of benzene rings is 1. The first-order valence-electron chi connectivity index (χ1n) is 5.89. The minimum Gasteiger partial charge on any atom is -0.468 e. The number of hydrogen-bond acceptors (Lipinski definition) is 3. The van der Waals surface area contributed by atoms with Crippen LogP contribution in [0.3, 0.4) is 0 Å². The fraction of sp³-hybridized carbons (Fsp3) is 0.500. The minimum absolute atomic E-state index is 0.0190. The number of methoxy groups -OCH3 is 1. The molecule has 0 aliphatic heterocycles. The molecule has 0 saturated heterocycles. The highest BCUT2D eigenvalue weighted by atomic mass is 16.5. The van der Waals surface area contributed by atoms with Crippen LogP contribution in [0.25, 0.3) is 0 Å². The van der Waals surface area contributed by atoms with E-state index in [-0.39, 0.29) is 11.4 Å². The first-order chi connectivity index (χ1) is 8.02. The SMILES string of the molecule is COC(=O)C1(NCc2ccccc2)CC1(C)C. The highest BCUT2D eigenvalue weighted by Crippen LogP contribution is 2.56. The third-order valence-corrected chi connectivity index (χ3v) is 3.71. The van der Waals surface area contributed by atoms with E-state index in [0.29, 0.717) is 6.54 Å². The van der Waals surface area contributed by atoms with E-state index in [4.69, 9.17) is 4.74 Å². The van der Waals surface area contributed by atoms with Crippen LogP contribution in [0.1, 0.15) is 25.8 Å². The zero-order valence-corrected chi connectivity index (χ0v) is 10.6. The second kappa shape index (κ2) is 4.15. The fourth-order valence-electron chi connectivity index (χ4n) is 2.36. The van der Waals surface area contributed by atoms with Gasteiger partial charge in [0.2, 0.25) is 0 Å². The molecule has 1 aliphatic carbocycles. The van der Waals surface area contributed by atoms with Gasteiger partial charge >= 0.3 is 5.97 Å². The molecule has 0 bridgehead atoms. The normalized spacial score (nSPS) is 25.4. The maximum atomic E-state index is 11.8. The van der Waals surface area contributed by atoms with Crippen molar-refractivity contribution in [1.29, 1.82) is 0 Å². The lowest BCUT2D eigenvalue weighted by Gasteiger charge is -2.19. The standard InChI is InChI=1S/C14H19NO2/c1-13(2)10-14(13,12(16)17-3)15-9-11-7-5-4-6-8-11/h4-8,15H,9-10H2,1-3H3. The number of carbonyl (C=O) groups excluding carboxylic acids is 1. The van der Waals surface area contributed by atoms with E-state index < -0.39 is 5.54 Å². The van der Waals surface area contributed by atoms with Gasteiger partial charge in [-0.3, -0.25) is 10.1 Å². The molecule has 92 valence electrons. The number of esters is 1. The average Bonchev–Trinajstić information content (AvgIpc) is 2.90. The Labute approximate surface area is 102 Å². The fourth-order valence-corrected chi connectivity index (χ4v) is 2.36. The molecule has 0 aromatic heterocycles. The van der Waals surface area contributed by atoms with Gasteiger partial charge in [-0.15, -0.1) is 0 Å². The van der Waals surface area contributed by atoms with Crippen LogP contribution in [-0.4, -0.2) is 18.6 Å². The van der Waals surface area contributed by atoms with E-state index in [2.05, 4.69) is 19.2 Å². The summed E-state index contributed by atoms with van der Waals surface area (Å²) in [5, 5.41) is 3.35. The summed E-state index contributed by atoms with van der Waals surface area (Å²) < 4.78 is 4.90. The van der Waals surface area contributed by atoms with Crippen molar-refractivity contribution in [1.82, 2.24) is 5.32 Å². The Balaban J connectivity index is 2.04. The second-order valence-electron chi connectivity index (χ2n) is 5.30. The van der Waals surface area contributed by atoms with E-state index in [1.165, 1.54) is 12.7 Å². The van der Waals surface area contributed by atoms with E-state index in [0.717, 1.165) is 6.42 Å². The number of hydrogen-bond donors (Lipinski definition) is 1. The Kier molecular flexibility index (Phi) is 2.96. The van der Waals surface area contributed by atoms with Gasteiger partial charge in [-0.05, 0) is 17.4 Å². The molecule has 1 fully saturated rings. The van der Waals surface area contributed by atoms with Crippen molar-refractivity contribution >= 4 is 5.97 Å². The van der Waals surface area contributed by atoms with Crippen molar-refractivity contribution in [2.24, 2.45) is 5.41 Å². The molecule has 17 heavy (non-hydrogen) atoms. The smallest absolute Gasteiger partial charge is 0.326 e. The van der Waals surface area contributed by atoms with Crippen molar-refractivity contribution in [2.45, 2.75) is 32.4 Å². The summed E-state index contributed by atoms with van der Waals surface area (Å²) in [6, 6.07) is 10.1. The minimum atomic E-state index is -0.502. The lowest BCUT2D eigenvalue weighted by atomic mass is 10.0. The van der Waals surface area contributed by atoms with Crippen LogP contribution in [0.2, 0.25) is 0 Å². The number of nitrogens with one attached hydrogen (secondary N) is 1. The van der Waals surface area contributed by atoms with E-state index in [1.807, 2.05) is 30.3 Å². The van der Waals surface area contributed by atoms with Gasteiger partial charge in [0.05, 0.1) is 7.11 Å². The zero-order valence-electron chi connectivity index (χ0n) is 10.6. The van der Waals surface area contributed by atoms with E-state index in [1.54, 1.807) is 0 Å². The van der Waals surface area contributed by atoms with Crippen LogP contribution in [-0.2, 0) is 16.1 Å². The first-order valence-corrected chi connectivity index (χ1v) is 5.89. The third-order valence-electron chi connectivity index (χ3n) is 3.71.